The number of anilines is 1. The standard InChI is InChI=1S/C18H13F4N3O5S/c19-17(20)29-13-4-1-10(15(8-13)30-18(21)22)7-11(9-23)16(26)25-12-2-5-14(6-3-12)31(24,27)28/h1-8,17-18H,(H,25,26)(H2,24,27,28)/b11-7+. The van der Waals surface area contributed by atoms with Crippen LogP contribution in [0, 0.1) is 11.3 Å². The summed E-state index contributed by atoms with van der Waals surface area (Å²) < 4.78 is 80.8. The molecule has 0 radical (unpaired) electrons. The molecule has 0 atom stereocenters. The van der Waals surface area contributed by atoms with Crippen molar-refractivity contribution < 1.29 is 40.2 Å². The summed E-state index contributed by atoms with van der Waals surface area (Å²) in [7, 11) is -3.94. The number of alkyl halides is 4. The van der Waals surface area contributed by atoms with Crippen molar-refractivity contribution in [3.8, 4) is 17.6 Å². The molecule has 8 nitrogen and oxygen atoms in total. The Labute approximate surface area is 173 Å². The molecule has 0 heterocycles. The average Bonchev–Trinajstić information content (AvgIpc) is 2.66. The maximum atomic E-state index is 12.6. The number of rotatable bonds is 8. The van der Waals surface area contributed by atoms with Gasteiger partial charge >= 0.3 is 13.2 Å². The molecule has 2 aromatic carbocycles. The van der Waals surface area contributed by atoms with Crippen LogP contribution in [-0.2, 0) is 14.8 Å². The lowest BCUT2D eigenvalue weighted by molar-refractivity contribution is -0.112. The van der Waals surface area contributed by atoms with Crippen LogP contribution < -0.4 is 19.9 Å². The van der Waals surface area contributed by atoms with Crippen LogP contribution in [0.2, 0.25) is 0 Å². The molecule has 0 aliphatic heterocycles. The summed E-state index contributed by atoms with van der Waals surface area (Å²) in [5, 5.41) is 16.5. The summed E-state index contributed by atoms with van der Waals surface area (Å²) >= 11 is 0. The van der Waals surface area contributed by atoms with E-state index in [1.165, 1.54) is 12.1 Å². The maximum Gasteiger partial charge on any atom is 0.387 e. The second-order valence-electron chi connectivity index (χ2n) is 5.65. The van der Waals surface area contributed by atoms with E-state index in [9.17, 15) is 36.0 Å². The Morgan fingerprint density at radius 2 is 1.68 bits per heavy atom. The number of nitrogens with two attached hydrogens (primary N) is 1. The first-order valence-electron chi connectivity index (χ1n) is 8.09. The van der Waals surface area contributed by atoms with Crippen LogP contribution in [0.5, 0.6) is 11.5 Å². The van der Waals surface area contributed by atoms with Crippen molar-refractivity contribution in [3.05, 3.63) is 53.6 Å². The maximum absolute atomic E-state index is 12.6. The van der Waals surface area contributed by atoms with Gasteiger partial charge in [-0.3, -0.25) is 4.79 Å². The Kier molecular flexibility index (Phi) is 7.56. The summed E-state index contributed by atoms with van der Waals surface area (Å²) in [6.45, 7) is -6.52. The van der Waals surface area contributed by atoms with Crippen molar-refractivity contribution in [2.24, 2.45) is 5.14 Å². The van der Waals surface area contributed by atoms with Gasteiger partial charge in [-0.15, -0.1) is 0 Å². The minimum absolute atomic E-state index is 0.114. The van der Waals surface area contributed by atoms with E-state index in [0.717, 1.165) is 36.4 Å². The van der Waals surface area contributed by atoms with Gasteiger partial charge in [0.2, 0.25) is 10.0 Å². The number of benzene rings is 2. The van der Waals surface area contributed by atoms with E-state index < -0.39 is 46.2 Å². The predicted molar refractivity (Wildman–Crippen MR) is 99.7 cm³/mol. The average molecular weight is 459 g/mol. The van der Waals surface area contributed by atoms with E-state index >= 15 is 0 Å². The number of hydrogen-bond acceptors (Lipinski definition) is 6. The Morgan fingerprint density at radius 1 is 1.06 bits per heavy atom. The highest BCUT2D eigenvalue weighted by Crippen LogP contribution is 2.29. The van der Waals surface area contributed by atoms with Gasteiger partial charge in [0.05, 0.1) is 4.90 Å². The van der Waals surface area contributed by atoms with Gasteiger partial charge in [0, 0.05) is 17.3 Å². The summed E-state index contributed by atoms with van der Waals surface area (Å²) in [5.41, 5.74) is -0.612. The minimum Gasteiger partial charge on any atom is -0.435 e. The van der Waals surface area contributed by atoms with Gasteiger partial charge < -0.3 is 14.8 Å². The SMILES string of the molecule is N#C/C(=C\c1ccc(OC(F)F)cc1OC(F)F)C(=O)Nc1ccc(S(N)(=O)=O)cc1. The topological polar surface area (TPSA) is 132 Å². The molecule has 13 heteroatoms. The van der Waals surface area contributed by atoms with Crippen LogP contribution in [-0.4, -0.2) is 27.5 Å². The van der Waals surface area contributed by atoms with Gasteiger partial charge in [0.15, 0.2) is 0 Å². The van der Waals surface area contributed by atoms with Crippen LogP contribution >= 0.6 is 0 Å². The van der Waals surface area contributed by atoms with Crippen molar-refractivity contribution in [1.82, 2.24) is 0 Å². The highest BCUT2D eigenvalue weighted by atomic mass is 32.2. The molecule has 0 fully saturated rings. The largest absolute Gasteiger partial charge is 0.435 e. The smallest absolute Gasteiger partial charge is 0.387 e. The molecule has 0 bridgehead atoms. The number of nitrogens with one attached hydrogen (secondary N) is 1. The highest BCUT2D eigenvalue weighted by molar-refractivity contribution is 7.89. The van der Waals surface area contributed by atoms with E-state index in [1.807, 2.05) is 0 Å². The van der Waals surface area contributed by atoms with Crippen molar-refractivity contribution >= 4 is 27.7 Å². The van der Waals surface area contributed by atoms with E-state index in [2.05, 4.69) is 14.8 Å². The van der Waals surface area contributed by atoms with Gasteiger partial charge in [0.25, 0.3) is 5.91 Å². The number of sulfonamides is 1. The zero-order valence-corrected chi connectivity index (χ0v) is 16.1. The number of nitriles is 1. The number of nitrogens with zero attached hydrogens (tertiary/aromatic N) is 1. The monoisotopic (exact) mass is 459 g/mol. The molecule has 2 rings (SSSR count). The second-order valence-corrected chi connectivity index (χ2v) is 7.21. The third kappa shape index (κ3) is 6.98. The normalized spacial score (nSPS) is 11.9. The summed E-state index contributed by atoms with van der Waals surface area (Å²) in [6.07, 6.45) is 0.901. The lowest BCUT2D eigenvalue weighted by atomic mass is 10.1. The van der Waals surface area contributed by atoms with Gasteiger partial charge in [-0.25, -0.2) is 13.6 Å². The number of carbonyl (C=O) groups excluding carboxylic acids is 1. The van der Waals surface area contributed by atoms with Gasteiger partial charge in [0.1, 0.15) is 23.1 Å². The van der Waals surface area contributed by atoms with Crippen molar-refractivity contribution in [1.29, 1.82) is 5.26 Å². The molecule has 0 aliphatic rings. The first-order valence-corrected chi connectivity index (χ1v) is 9.64. The summed E-state index contributed by atoms with van der Waals surface area (Å²) in [4.78, 5) is 12.1. The molecular formula is C18H13F4N3O5S. The van der Waals surface area contributed by atoms with Crippen molar-refractivity contribution in [2.45, 2.75) is 18.1 Å². The third-order valence-electron chi connectivity index (χ3n) is 3.53. The van der Waals surface area contributed by atoms with Crippen LogP contribution in [0.15, 0.2) is 52.9 Å². The third-order valence-corrected chi connectivity index (χ3v) is 4.46. The Bertz CT molecular complexity index is 1130. The fraction of sp³-hybridized carbons (Fsp3) is 0.111. The number of hydrogen-bond donors (Lipinski definition) is 2. The Morgan fingerprint density at radius 3 is 2.19 bits per heavy atom. The first-order chi connectivity index (χ1) is 14.5. The lowest BCUT2D eigenvalue weighted by Crippen LogP contribution is -2.15. The molecule has 0 unspecified atom stereocenters. The molecular weight excluding hydrogens is 446 g/mol. The number of amides is 1. The molecule has 2 aromatic rings. The lowest BCUT2D eigenvalue weighted by Gasteiger charge is -2.11. The number of primary sulfonamides is 1. The molecule has 0 saturated carbocycles. The number of ether oxygens (including phenoxy) is 2. The highest BCUT2D eigenvalue weighted by Gasteiger charge is 2.16. The van der Waals surface area contributed by atoms with Crippen LogP contribution in [0.4, 0.5) is 23.2 Å². The van der Waals surface area contributed by atoms with E-state index in [-0.39, 0.29) is 16.1 Å². The summed E-state index contributed by atoms with van der Waals surface area (Å²) in [5.74, 6) is -2.03. The van der Waals surface area contributed by atoms with Gasteiger partial charge in [-0.2, -0.15) is 22.8 Å². The molecule has 0 spiro atoms. The Balaban J connectivity index is 2.31. The molecule has 1 amide bonds. The first kappa shape index (κ1) is 23.6. The van der Waals surface area contributed by atoms with Crippen molar-refractivity contribution in [3.63, 3.8) is 0 Å². The van der Waals surface area contributed by atoms with Gasteiger partial charge in [-0.1, -0.05) is 0 Å². The zero-order valence-electron chi connectivity index (χ0n) is 15.3. The van der Waals surface area contributed by atoms with Gasteiger partial charge in [-0.05, 0) is 42.5 Å². The molecule has 3 N–H and O–H groups in total. The molecule has 0 saturated heterocycles. The van der Waals surface area contributed by atoms with E-state index in [0.29, 0.717) is 0 Å². The van der Waals surface area contributed by atoms with E-state index in [4.69, 9.17) is 5.14 Å². The molecule has 31 heavy (non-hydrogen) atoms. The van der Waals surface area contributed by atoms with E-state index in [1.54, 1.807) is 6.07 Å². The zero-order chi connectivity index (χ0) is 23.2. The predicted octanol–water partition coefficient (Wildman–Crippen LogP) is 3.08. The molecule has 164 valence electrons. The van der Waals surface area contributed by atoms with Crippen LogP contribution in [0.25, 0.3) is 6.08 Å². The number of carbonyl (C=O) groups is 1. The molecule has 0 aliphatic carbocycles. The minimum atomic E-state index is -3.94. The van der Waals surface area contributed by atoms with Crippen molar-refractivity contribution in [2.75, 3.05) is 5.32 Å². The fourth-order valence-electron chi connectivity index (χ4n) is 2.24. The molecule has 0 aromatic heterocycles. The fourth-order valence-corrected chi connectivity index (χ4v) is 2.75. The second kappa shape index (κ2) is 9.92. The number of halogens is 4. The quantitative estimate of drug-likeness (QED) is 0.354. The van der Waals surface area contributed by atoms with Crippen LogP contribution in [0.3, 0.4) is 0 Å². The summed E-state index contributed by atoms with van der Waals surface area (Å²) in [6, 6.07) is 9.05. The Hall–Kier alpha value is -3.63. The van der Waals surface area contributed by atoms with Crippen LogP contribution in [0.1, 0.15) is 5.56 Å².